The van der Waals surface area contributed by atoms with E-state index in [9.17, 15) is 0 Å². The van der Waals surface area contributed by atoms with Gasteiger partial charge in [0.15, 0.2) is 0 Å². The van der Waals surface area contributed by atoms with Gasteiger partial charge in [-0.2, -0.15) is 0 Å². The zero-order valence-electron chi connectivity index (χ0n) is 12.4. The van der Waals surface area contributed by atoms with Crippen LogP contribution in [0.5, 0.6) is 5.75 Å². The molecule has 0 aliphatic carbocycles. The van der Waals surface area contributed by atoms with Gasteiger partial charge in [0.2, 0.25) is 0 Å². The first-order valence-electron chi connectivity index (χ1n) is 6.58. The lowest BCUT2D eigenvalue weighted by Gasteiger charge is -2.23. The molecule has 0 fully saturated rings. The van der Waals surface area contributed by atoms with Crippen LogP contribution < -0.4 is 4.74 Å². The summed E-state index contributed by atoms with van der Waals surface area (Å²) >= 11 is 3.57. The Bertz CT molecular complexity index is 402. The Morgan fingerprint density at radius 2 is 1.83 bits per heavy atom. The Balaban J connectivity index is 3.15. The van der Waals surface area contributed by atoms with E-state index in [1.807, 2.05) is 0 Å². The van der Waals surface area contributed by atoms with Crippen molar-refractivity contribution in [3.8, 4) is 5.75 Å². The van der Waals surface area contributed by atoms with Crippen LogP contribution in [-0.2, 0) is 10.7 Å². The molecule has 1 aromatic rings. The van der Waals surface area contributed by atoms with Gasteiger partial charge in [-0.25, -0.2) is 0 Å². The van der Waals surface area contributed by atoms with Gasteiger partial charge in [-0.05, 0) is 41.0 Å². The summed E-state index contributed by atoms with van der Waals surface area (Å²) in [5.41, 5.74) is 4.06. The second kappa shape index (κ2) is 6.10. The molecule has 0 aliphatic heterocycles. The minimum Gasteiger partial charge on any atom is -0.493 e. The van der Waals surface area contributed by atoms with Crippen LogP contribution in [0.25, 0.3) is 0 Å². The number of halogens is 1. The molecule has 1 nitrogen and oxygen atoms in total. The zero-order valence-corrected chi connectivity index (χ0v) is 14.0. The largest absolute Gasteiger partial charge is 0.493 e. The van der Waals surface area contributed by atoms with Gasteiger partial charge in [0.1, 0.15) is 5.75 Å². The molecular formula is C16H25BrO. The fourth-order valence-electron chi connectivity index (χ4n) is 1.72. The quantitative estimate of drug-likeness (QED) is 0.692. The lowest BCUT2D eigenvalue weighted by atomic mass is 9.85. The second-order valence-electron chi connectivity index (χ2n) is 6.35. The number of alkyl halides is 1. The lowest BCUT2D eigenvalue weighted by molar-refractivity contribution is 0.268. The van der Waals surface area contributed by atoms with Crippen LogP contribution in [0.3, 0.4) is 0 Å². The third-order valence-electron chi connectivity index (χ3n) is 3.05. The highest BCUT2D eigenvalue weighted by molar-refractivity contribution is 9.08. The predicted molar refractivity (Wildman–Crippen MR) is 82.8 cm³/mol. The van der Waals surface area contributed by atoms with Crippen LogP contribution in [0.1, 0.15) is 51.3 Å². The number of benzene rings is 1. The van der Waals surface area contributed by atoms with Gasteiger partial charge < -0.3 is 4.74 Å². The predicted octanol–water partition coefficient (Wildman–Crippen LogP) is 5.22. The molecule has 0 heterocycles. The van der Waals surface area contributed by atoms with Crippen molar-refractivity contribution >= 4 is 15.9 Å². The summed E-state index contributed by atoms with van der Waals surface area (Å²) in [6.07, 6.45) is 0. The van der Waals surface area contributed by atoms with Gasteiger partial charge in [-0.3, -0.25) is 0 Å². The van der Waals surface area contributed by atoms with E-state index >= 15 is 0 Å². The van der Waals surface area contributed by atoms with Gasteiger partial charge in [-0.15, -0.1) is 0 Å². The van der Waals surface area contributed by atoms with Crippen molar-refractivity contribution < 1.29 is 4.74 Å². The summed E-state index contributed by atoms with van der Waals surface area (Å²) in [5.74, 6) is 1.58. The smallest absolute Gasteiger partial charge is 0.122 e. The second-order valence-corrected chi connectivity index (χ2v) is 6.91. The minimum absolute atomic E-state index is 0.153. The van der Waals surface area contributed by atoms with E-state index in [1.54, 1.807) is 0 Å². The molecule has 0 spiro atoms. The molecule has 18 heavy (non-hydrogen) atoms. The Morgan fingerprint density at radius 1 is 1.22 bits per heavy atom. The Morgan fingerprint density at radius 3 is 2.28 bits per heavy atom. The van der Waals surface area contributed by atoms with Crippen molar-refractivity contribution in [2.24, 2.45) is 5.92 Å². The highest BCUT2D eigenvalue weighted by atomic mass is 79.9. The molecule has 102 valence electrons. The van der Waals surface area contributed by atoms with Gasteiger partial charge in [0.25, 0.3) is 0 Å². The molecule has 0 bridgehead atoms. The maximum Gasteiger partial charge on any atom is 0.122 e. The lowest BCUT2D eigenvalue weighted by Crippen LogP contribution is -2.13. The van der Waals surface area contributed by atoms with Gasteiger partial charge >= 0.3 is 0 Å². The van der Waals surface area contributed by atoms with E-state index in [4.69, 9.17) is 4.74 Å². The van der Waals surface area contributed by atoms with Crippen molar-refractivity contribution in [2.45, 2.75) is 52.3 Å². The van der Waals surface area contributed by atoms with Gasteiger partial charge in [-0.1, -0.05) is 56.6 Å². The SMILES string of the molecule is Cc1c(CBr)cc(C(C)(C)C)cc1OCC(C)C. The van der Waals surface area contributed by atoms with E-state index in [-0.39, 0.29) is 5.41 Å². The molecule has 0 N–H and O–H groups in total. The van der Waals surface area contributed by atoms with Crippen molar-refractivity contribution in [3.63, 3.8) is 0 Å². The molecule has 1 aromatic carbocycles. The molecule has 0 saturated carbocycles. The average molecular weight is 313 g/mol. The third-order valence-corrected chi connectivity index (χ3v) is 3.65. The first-order valence-corrected chi connectivity index (χ1v) is 7.70. The van der Waals surface area contributed by atoms with Crippen LogP contribution in [0.4, 0.5) is 0 Å². The molecular weight excluding hydrogens is 288 g/mol. The zero-order chi connectivity index (χ0) is 13.9. The van der Waals surface area contributed by atoms with Crippen LogP contribution in [0.2, 0.25) is 0 Å². The normalized spacial score (nSPS) is 12.0. The highest BCUT2D eigenvalue weighted by Gasteiger charge is 2.17. The minimum atomic E-state index is 0.153. The first kappa shape index (κ1) is 15.6. The van der Waals surface area contributed by atoms with Crippen LogP contribution >= 0.6 is 15.9 Å². The molecule has 0 amide bonds. The molecule has 1 rings (SSSR count). The molecule has 2 heteroatoms. The van der Waals surface area contributed by atoms with Crippen LogP contribution in [0, 0.1) is 12.8 Å². The fraction of sp³-hybridized carbons (Fsp3) is 0.625. The van der Waals surface area contributed by atoms with Crippen molar-refractivity contribution in [1.82, 2.24) is 0 Å². The molecule has 0 radical (unpaired) electrons. The summed E-state index contributed by atoms with van der Waals surface area (Å²) < 4.78 is 5.96. The molecule has 0 atom stereocenters. The topological polar surface area (TPSA) is 9.23 Å². The maximum absolute atomic E-state index is 5.96. The standard InChI is InChI=1S/C16H25BrO/c1-11(2)10-18-15-8-14(16(4,5)6)7-13(9-17)12(15)3/h7-8,11H,9-10H2,1-6H3. The summed E-state index contributed by atoms with van der Waals surface area (Å²) in [4.78, 5) is 0. The monoisotopic (exact) mass is 312 g/mol. The van der Waals surface area contributed by atoms with Crippen molar-refractivity contribution in [3.05, 3.63) is 28.8 Å². The fourth-order valence-corrected chi connectivity index (χ4v) is 2.31. The highest BCUT2D eigenvalue weighted by Crippen LogP contribution is 2.32. The third kappa shape index (κ3) is 4.01. The van der Waals surface area contributed by atoms with Crippen LogP contribution in [0.15, 0.2) is 12.1 Å². The van der Waals surface area contributed by atoms with Crippen molar-refractivity contribution in [1.29, 1.82) is 0 Å². The van der Waals surface area contributed by atoms with E-state index in [1.165, 1.54) is 16.7 Å². The van der Waals surface area contributed by atoms with E-state index in [0.29, 0.717) is 5.92 Å². The number of ether oxygens (including phenoxy) is 1. The Labute approximate surface area is 120 Å². The summed E-state index contributed by atoms with van der Waals surface area (Å²) in [6.45, 7) is 14.0. The Kier molecular flexibility index (Phi) is 5.27. The summed E-state index contributed by atoms with van der Waals surface area (Å²) in [5, 5.41) is 0.876. The summed E-state index contributed by atoms with van der Waals surface area (Å²) in [6, 6.07) is 4.48. The van der Waals surface area contributed by atoms with E-state index in [2.05, 4.69) is 69.6 Å². The number of rotatable bonds is 4. The van der Waals surface area contributed by atoms with E-state index in [0.717, 1.165) is 17.7 Å². The van der Waals surface area contributed by atoms with Gasteiger partial charge in [0.05, 0.1) is 6.61 Å². The molecule has 0 saturated heterocycles. The molecule has 0 aliphatic rings. The Hall–Kier alpha value is -0.500. The molecule has 0 aromatic heterocycles. The number of hydrogen-bond donors (Lipinski definition) is 0. The van der Waals surface area contributed by atoms with Gasteiger partial charge in [0, 0.05) is 5.33 Å². The number of hydrogen-bond acceptors (Lipinski definition) is 1. The van der Waals surface area contributed by atoms with Crippen molar-refractivity contribution in [2.75, 3.05) is 6.61 Å². The average Bonchev–Trinajstić information content (AvgIpc) is 2.26. The first-order chi connectivity index (χ1) is 8.25. The van der Waals surface area contributed by atoms with E-state index < -0.39 is 0 Å². The van der Waals surface area contributed by atoms with Crippen LogP contribution in [-0.4, -0.2) is 6.61 Å². The maximum atomic E-state index is 5.96. The molecule has 0 unspecified atom stereocenters. The summed E-state index contributed by atoms with van der Waals surface area (Å²) in [7, 11) is 0.